The van der Waals surface area contributed by atoms with Gasteiger partial charge in [-0.3, -0.25) is 9.69 Å². The van der Waals surface area contributed by atoms with Crippen LogP contribution in [0.25, 0.3) is 0 Å². The number of anilines is 1. The van der Waals surface area contributed by atoms with E-state index >= 15 is 0 Å². The number of benzene rings is 1. The van der Waals surface area contributed by atoms with Crippen LogP contribution in [0.5, 0.6) is 0 Å². The third-order valence-corrected chi connectivity index (χ3v) is 7.18. The van der Waals surface area contributed by atoms with Crippen molar-refractivity contribution < 1.29 is 4.79 Å². The van der Waals surface area contributed by atoms with Gasteiger partial charge in [0.15, 0.2) is 0 Å². The van der Waals surface area contributed by atoms with Gasteiger partial charge in [-0.2, -0.15) is 5.26 Å². The molecular weight excluding hydrogens is 366 g/mol. The maximum Gasteiger partial charge on any atom is 0.226 e. The zero-order valence-corrected chi connectivity index (χ0v) is 17.1. The molecule has 0 spiro atoms. The first-order valence-corrected chi connectivity index (χ1v) is 11.2. The SMILES string of the molecule is N#Cc1c(NC(=O)CCN2CCCCC2Cc2ccccc2)sc2c1CCC2. The molecule has 1 aliphatic carbocycles. The molecule has 1 fully saturated rings. The first-order valence-electron chi connectivity index (χ1n) is 10.4. The molecule has 0 saturated carbocycles. The topological polar surface area (TPSA) is 56.1 Å². The normalized spacial score (nSPS) is 19.2. The minimum absolute atomic E-state index is 0.0282. The van der Waals surface area contributed by atoms with E-state index in [0.29, 0.717) is 18.0 Å². The molecule has 1 aliphatic heterocycles. The summed E-state index contributed by atoms with van der Waals surface area (Å²) in [5.74, 6) is 0.0282. The van der Waals surface area contributed by atoms with Crippen molar-refractivity contribution in [2.24, 2.45) is 0 Å². The van der Waals surface area contributed by atoms with Crippen LogP contribution in [0.3, 0.4) is 0 Å². The lowest BCUT2D eigenvalue weighted by molar-refractivity contribution is -0.116. The number of nitrogens with one attached hydrogen (secondary N) is 1. The molecule has 1 aromatic carbocycles. The summed E-state index contributed by atoms with van der Waals surface area (Å²) >= 11 is 1.60. The Kier molecular flexibility index (Phi) is 6.09. The molecule has 5 heteroatoms. The maximum atomic E-state index is 12.6. The molecule has 1 unspecified atom stereocenters. The molecule has 1 saturated heterocycles. The summed E-state index contributed by atoms with van der Waals surface area (Å²) in [6, 6.07) is 13.5. The van der Waals surface area contributed by atoms with Crippen molar-refractivity contribution in [1.29, 1.82) is 5.26 Å². The summed E-state index contributed by atoms with van der Waals surface area (Å²) in [5.41, 5.74) is 3.24. The highest BCUT2D eigenvalue weighted by atomic mass is 32.1. The fourth-order valence-electron chi connectivity index (χ4n) is 4.52. The quantitative estimate of drug-likeness (QED) is 0.784. The van der Waals surface area contributed by atoms with Gasteiger partial charge in [0.1, 0.15) is 11.1 Å². The largest absolute Gasteiger partial charge is 0.317 e. The highest BCUT2D eigenvalue weighted by molar-refractivity contribution is 7.16. The molecule has 4 nitrogen and oxygen atoms in total. The number of thiophene rings is 1. The van der Waals surface area contributed by atoms with Crippen molar-refractivity contribution in [3.63, 3.8) is 0 Å². The Morgan fingerprint density at radius 3 is 2.89 bits per heavy atom. The number of hydrogen-bond acceptors (Lipinski definition) is 4. The molecule has 2 aliphatic rings. The minimum atomic E-state index is 0.0282. The number of aryl methyl sites for hydroxylation is 1. The summed E-state index contributed by atoms with van der Waals surface area (Å²) < 4.78 is 0. The molecular formula is C23H27N3OS. The Balaban J connectivity index is 1.34. The van der Waals surface area contributed by atoms with E-state index in [1.165, 1.54) is 35.3 Å². The fourth-order valence-corrected chi connectivity index (χ4v) is 5.77. The number of carbonyl (C=O) groups is 1. The van der Waals surface area contributed by atoms with Gasteiger partial charge < -0.3 is 5.32 Å². The Bertz CT molecular complexity index is 868. The van der Waals surface area contributed by atoms with Crippen molar-refractivity contribution in [2.75, 3.05) is 18.4 Å². The van der Waals surface area contributed by atoms with Crippen molar-refractivity contribution in [2.45, 2.75) is 57.4 Å². The Hall–Kier alpha value is -2.16. The van der Waals surface area contributed by atoms with Crippen LogP contribution < -0.4 is 5.32 Å². The van der Waals surface area contributed by atoms with E-state index in [2.05, 4.69) is 46.6 Å². The number of carbonyl (C=O) groups excluding carboxylic acids is 1. The van der Waals surface area contributed by atoms with Crippen LogP contribution in [0.15, 0.2) is 30.3 Å². The Morgan fingerprint density at radius 1 is 1.21 bits per heavy atom. The summed E-state index contributed by atoms with van der Waals surface area (Å²) in [7, 11) is 0. The van der Waals surface area contributed by atoms with Gasteiger partial charge >= 0.3 is 0 Å². The molecule has 2 aromatic rings. The van der Waals surface area contributed by atoms with Crippen LogP contribution in [-0.2, 0) is 24.1 Å². The fraction of sp³-hybridized carbons (Fsp3) is 0.478. The van der Waals surface area contributed by atoms with E-state index in [-0.39, 0.29) is 5.91 Å². The van der Waals surface area contributed by atoms with Crippen molar-refractivity contribution >= 4 is 22.2 Å². The van der Waals surface area contributed by atoms with Gasteiger partial charge in [0.2, 0.25) is 5.91 Å². The second kappa shape index (κ2) is 8.89. The van der Waals surface area contributed by atoms with Crippen LogP contribution in [0, 0.1) is 11.3 Å². The van der Waals surface area contributed by atoms with E-state index in [0.717, 1.165) is 43.8 Å². The van der Waals surface area contributed by atoms with Gasteiger partial charge in [-0.05, 0) is 56.2 Å². The van der Waals surface area contributed by atoms with Crippen LogP contribution >= 0.6 is 11.3 Å². The molecule has 4 rings (SSSR count). The number of hydrogen-bond donors (Lipinski definition) is 1. The maximum absolute atomic E-state index is 12.6. The molecule has 1 N–H and O–H groups in total. The molecule has 0 radical (unpaired) electrons. The van der Waals surface area contributed by atoms with E-state index in [1.807, 2.05) is 0 Å². The average molecular weight is 394 g/mol. The molecule has 146 valence electrons. The van der Waals surface area contributed by atoms with Gasteiger partial charge in [0, 0.05) is 23.9 Å². The smallest absolute Gasteiger partial charge is 0.226 e. The lowest BCUT2D eigenvalue weighted by Gasteiger charge is -2.35. The first kappa shape index (κ1) is 19.2. The van der Waals surface area contributed by atoms with Gasteiger partial charge in [-0.1, -0.05) is 36.8 Å². The van der Waals surface area contributed by atoms with Crippen LogP contribution in [0.2, 0.25) is 0 Å². The van der Waals surface area contributed by atoms with Gasteiger partial charge in [0.05, 0.1) is 5.56 Å². The summed E-state index contributed by atoms with van der Waals surface area (Å²) in [6.45, 7) is 1.86. The molecule has 28 heavy (non-hydrogen) atoms. The molecule has 1 amide bonds. The first-order chi connectivity index (χ1) is 13.7. The van der Waals surface area contributed by atoms with Crippen molar-refractivity contribution in [3.8, 4) is 6.07 Å². The van der Waals surface area contributed by atoms with E-state index < -0.39 is 0 Å². The zero-order valence-electron chi connectivity index (χ0n) is 16.2. The Labute approximate surface area is 171 Å². The molecule has 1 aromatic heterocycles. The monoisotopic (exact) mass is 393 g/mol. The number of nitrogens with zero attached hydrogens (tertiary/aromatic N) is 2. The highest BCUT2D eigenvalue weighted by Crippen LogP contribution is 2.38. The lowest BCUT2D eigenvalue weighted by atomic mass is 9.95. The minimum Gasteiger partial charge on any atom is -0.317 e. The molecule has 0 bridgehead atoms. The van der Waals surface area contributed by atoms with Gasteiger partial charge in [0.25, 0.3) is 0 Å². The number of piperidine rings is 1. The van der Waals surface area contributed by atoms with Crippen LogP contribution in [0.1, 0.15) is 53.7 Å². The number of amides is 1. The molecule has 1 atom stereocenters. The predicted molar refractivity (Wildman–Crippen MR) is 114 cm³/mol. The van der Waals surface area contributed by atoms with Crippen molar-refractivity contribution in [1.82, 2.24) is 4.90 Å². The van der Waals surface area contributed by atoms with Crippen molar-refractivity contribution in [3.05, 3.63) is 51.9 Å². The Morgan fingerprint density at radius 2 is 2.07 bits per heavy atom. The number of rotatable bonds is 6. The molecule has 2 heterocycles. The third kappa shape index (κ3) is 4.29. The number of fused-ring (bicyclic) bond motifs is 1. The number of likely N-dealkylation sites (tertiary alicyclic amines) is 1. The van der Waals surface area contributed by atoms with E-state index in [1.54, 1.807) is 11.3 Å². The van der Waals surface area contributed by atoms with E-state index in [4.69, 9.17) is 0 Å². The summed E-state index contributed by atoms with van der Waals surface area (Å²) in [5, 5.41) is 13.3. The van der Waals surface area contributed by atoms with E-state index in [9.17, 15) is 10.1 Å². The second-order valence-corrected chi connectivity index (χ2v) is 8.95. The third-order valence-electron chi connectivity index (χ3n) is 5.98. The van der Waals surface area contributed by atoms with Crippen LogP contribution in [0.4, 0.5) is 5.00 Å². The standard InChI is InChI=1S/C23H27N3OS/c24-16-20-19-10-6-11-21(19)28-23(20)25-22(27)12-14-26-13-5-4-9-18(26)15-17-7-2-1-3-8-17/h1-3,7-8,18H,4-6,9-15H2,(H,25,27). The zero-order chi connectivity index (χ0) is 19.3. The highest BCUT2D eigenvalue weighted by Gasteiger charge is 2.25. The van der Waals surface area contributed by atoms with Crippen LogP contribution in [-0.4, -0.2) is 29.9 Å². The van der Waals surface area contributed by atoms with Gasteiger partial charge in [-0.15, -0.1) is 11.3 Å². The number of nitriles is 1. The lowest BCUT2D eigenvalue weighted by Crippen LogP contribution is -2.42. The summed E-state index contributed by atoms with van der Waals surface area (Å²) in [4.78, 5) is 16.3. The summed E-state index contributed by atoms with van der Waals surface area (Å²) in [6.07, 6.45) is 8.36. The van der Waals surface area contributed by atoms with Gasteiger partial charge in [-0.25, -0.2) is 0 Å². The predicted octanol–water partition coefficient (Wildman–Crippen LogP) is 4.53. The second-order valence-electron chi connectivity index (χ2n) is 7.85. The average Bonchev–Trinajstić information content (AvgIpc) is 3.29.